The van der Waals surface area contributed by atoms with Gasteiger partial charge in [0.1, 0.15) is 0 Å². The average molecular weight is 293 g/mol. The van der Waals surface area contributed by atoms with Crippen LogP contribution in [-0.4, -0.2) is 26.2 Å². The molecule has 1 saturated carbocycles. The summed E-state index contributed by atoms with van der Waals surface area (Å²) in [6, 6.07) is 8.70. The Morgan fingerprint density at radius 2 is 2.05 bits per heavy atom. The lowest BCUT2D eigenvalue weighted by Gasteiger charge is -2.12. The van der Waals surface area contributed by atoms with Gasteiger partial charge in [0.05, 0.1) is 11.2 Å². The van der Waals surface area contributed by atoms with Crippen LogP contribution < -0.4 is 5.32 Å². The number of benzene rings is 1. The van der Waals surface area contributed by atoms with Crippen LogP contribution in [0.15, 0.2) is 30.5 Å². The topological polar surface area (TPSA) is 66.5 Å². The maximum Gasteiger partial charge on any atom is 0.223 e. The Morgan fingerprint density at radius 1 is 1.18 bits per heavy atom. The van der Waals surface area contributed by atoms with E-state index in [9.17, 15) is 0 Å². The molecular weight excluding hydrogens is 274 g/mol. The highest BCUT2D eigenvalue weighted by Gasteiger charge is 2.15. The molecule has 22 heavy (non-hydrogen) atoms. The summed E-state index contributed by atoms with van der Waals surface area (Å²) in [4.78, 5) is 9.03. The molecule has 4 rings (SSSR count). The van der Waals surface area contributed by atoms with Crippen molar-refractivity contribution in [1.82, 2.24) is 20.2 Å². The SMILES string of the molecule is Cc1[nH]nc2ccc(-c3ccnc(NC4CCCC4)n3)cc12. The Labute approximate surface area is 129 Å². The summed E-state index contributed by atoms with van der Waals surface area (Å²) in [5.41, 5.74) is 4.10. The Bertz CT molecular complexity index is 802. The van der Waals surface area contributed by atoms with Crippen LogP contribution in [0.2, 0.25) is 0 Å². The molecule has 0 radical (unpaired) electrons. The van der Waals surface area contributed by atoms with Gasteiger partial charge in [-0.2, -0.15) is 5.10 Å². The number of H-pyrrole nitrogens is 1. The maximum absolute atomic E-state index is 4.67. The second-order valence-electron chi connectivity index (χ2n) is 5.97. The van der Waals surface area contributed by atoms with E-state index in [1.165, 1.54) is 25.7 Å². The average Bonchev–Trinajstić information content (AvgIpc) is 3.18. The van der Waals surface area contributed by atoms with Gasteiger partial charge in [-0.25, -0.2) is 9.97 Å². The fraction of sp³-hybridized carbons (Fsp3) is 0.353. The monoisotopic (exact) mass is 293 g/mol. The molecule has 0 amide bonds. The minimum atomic E-state index is 0.522. The van der Waals surface area contributed by atoms with Gasteiger partial charge >= 0.3 is 0 Å². The largest absolute Gasteiger partial charge is 0.351 e. The quantitative estimate of drug-likeness (QED) is 0.773. The third-order valence-electron chi connectivity index (χ3n) is 4.38. The Balaban J connectivity index is 1.66. The number of nitrogens with zero attached hydrogens (tertiary/aromatic N) is 3. The number of anilines is 1. The van der Waals surface area contributed by atoms with Crippen LogP contribution >= 0.6 is 0 Å². The molecule has 1 aromatic carbocycles. The van der Waals surface area contributed by atoms with Crippen molar-refractivity contribution in [3.63, 3.8) is 0 Å². The zero-order chi connectivity index (χ0) is 14.9. The molecule has 1 aliphatic rings. The van der Waals surface area contributed by atoms with E-state index >= 15 is 0 Å². The molecule has 2 aromatic heterocycles. The number of aromatic nitrogens is 4. The summed E-state index contributed by atoms with van der Waals surface area (Å²) < 4.78 is 0. The van der Waals surface area contributed by atoms with Crippen LogP contribution in [0.5, 0.6) is 0 Å². The third-order valence-corrected chi connectivity index (χ3v) is 4.38. The second-order valence-corrected chi connectivity index (χ2v) is 5.97. The summed E-state index contributed by atoms with van der Waals surface area (Å²) in [5.74, 6) is 0.730. The van der Waals surface area contributed by atoms with E-state index in [1.54, 1.807) is 0 Å². The van der Waals surface area contributed by atoms with Crippen LogP contribution in [0.1, 0.15) is 31.4 Å². The summed E-state index contributed by atoms with van der Waals surface area (Å²) in [6.45, 7) is 2.03. The van der Waals surface area contributed by atoms with Gasteiger partial charge in [0.15, 0.2) is 0 Å². The fourth-order valence-corrected chi connectivity index (χ4v) is 3.14. The molecule has 0 saturated heterocycles. The van der Waals surface area contributed by atoms with E-state index in [1.807, 2.05) is 25.3 Å². The Kier molecular flexibility index (Phi) is 3.25. The van der Waals surface area contributed by atoms with Crippen LogP contribution in [0.3, 0.4) is 0 Å². The Morgan fingerprint density at radius 3 is 2.91 bits per heavy atom. The number of fused-ring (bicyclic) bond motifs is 1. The molecule has 112 valence electrons. The van der Waals surface area contributed by atoms with Gasteiger partial charge in [-0.1, -0.05) is 18.9 Å². The lowest BCUT2D eigenvalue weighted by Crippen LogP contribution is -2.16. The van der Waals surface area contributed by atoms with Crippen molar-refractivity contribution in [2.75, 3.05) is 5.32 Å². The highest BCUT2D eigenvalue weighted by molar-refractivity contribution is 5.85. The molecule has 0 atom stereocenters. The van der Waals surface area contributed by atoms with Gasteiger partial charge in [0.25, 0.3) is 0 Å². The van der Waals surface area contributed by atoms with Crippen molar-refractivity contribution < 1.29 is 0 Å². The van der Waals surface area contributed by atoms with Gasteiger partial charge in [-0.15, -0.1) is 0 Å². The number of rotatable bonds is 3. The van der Waals surface area contributed by atoms with Crippen LogP contribution in [0, 0.1) is 6.92 Å². The van der Waals surface area contributed by atoms with Crippen molar-refractivity contribution in [3.05, 3.63) is 36.2 Å². The standard InChI is InChI=1S/C17H19N5/c1-11-14-10-12(6-7-16(14)22-21-11)15-8-9-18-17(20-15)19-13-4-2-3-5-13/h6-10,13H,2-5H2,1H3,(H,21,22)(H,18,19,20). The van der Waals surface area contributed by atoms with E-state index in [-0.39, 0.29) is 0 Å². The zero-order valence-corrected chi connectivity index (χ0v) is 12.6. The molecule has 0 spiro atoms. The minimum absolute atomic E-state index is 0.522. The normalized spacial score (nSPS) is 15.5. The van der Waals surface area contributed by atoms with Gasteiger partial charge in [0.2, 0.25) is 5.95 Å². The second kappa shape index (κ2) is 5.40. The number of hydrogen-bond donors (Lipinski definition) is 2. The fourth-order valence-electron chi connectivity index (χ4n) is 3.14. The smallest absolute Gasteiger partial charge is 0.223 e. The third kappa shape index (κ3) is 2.43. The first-order valence-electron chi connectivity index (χ1n) is 7.84. The Hall–Kier alpha value is -2.43. The molecule has 1 aliphatic carbocycles. The molecule has 3 aromatic rings. The van der Waals surface area contributed by atoms with Crippen molar-refractivity contribution in [2.45, 2.75) is 38.6 Å². The molecule has 0 bridgehead atoms. The summed E-state index contributed by atoms with van der Waals surface area (Å²) in [5, 5.41) is 11.9. The first-order valence-corrected chi connectivity index (χ1v) is 7.84. The highest BCUT2D eigenvalue weighted by atomic mass is 15.1. The molecule has 2 heterocycles. The van der Waals surface area contributed by atoms with E-state index in [0.717, 1.165) is 33.8 Å². The van der Waals surface area contributed by atoms with Gasteiger partial charge in [0, 0.05) is 28.9 Å². The molecule has 5 heteroatoms. The van der Waals surface area contributed by atoms with Crippen molar-refractivity contribution >= 4 is 16.9 Å². The molecule has 0 unspecified atom stereocenters. The maximum atomic E-state index is 4.67. The van der Waals surface area contributed by atoms with E-state index in [0.29, 0.717) is 6.04 Å². The van der Waals surface area contributed by atoms with E-state index < -0.39 is 0 Å². The highest BCUT2D eigenvalue weighted by Crippen LogP contribution is 2.25. The lowest BCUT2D eigenvalue weighted by atomic mass is 10.1. The lowest BCUT2D eigenvalue weighted by molar-refractivity contribution is 0.744. The van der Waals surface area contributed by atoms with Crippen LogP contribution in [0.4, 0.5) is 5.95 Å². The number of aromatic amines is 1. The molecule has 0 aliphatic heterocycles. The molecule has 2 N–H and O–H groups in total. The predicted molar refractivity (Wildman–Crippen MR) is 87.7 cm³/mol. The van der Waals surface area contributed by atoms with E-state index in [2.05, 4.69) is 37.6 Å². The van der Waals surface area contributed by atoms with Gasteiger partial charge < -0.3 is 5.32 Å². The number of hydrogen-bond acceptors (Lipinski definition) is 4. The van der Waals surface area contributed by atoms with Crippen LogP contribution in [0.25, 0.3) is 22.2 Å². The summed E-state index contributed by atoms with van der Waals surface area (Å²) in [6.07, 6.45) is 6.86. The van der Waals surface area contributed by atoms with Gasteiger partial charge in [-0.3, -0.25) is 5.10 Å². The van der Waals surface area contributed by atoms with E-state index in [4.69, 9.17) is 0 Å². The predicted octanol–water partition coefficient (Wildman–Crippen LogP) is 3.68. The number of nitrogens with one attached hydrogen (secondary N) is 2. The molecular formula is C17H19N5. The molecule has 1 fully saturated rings. The van der Waals surface area contributed by atoms with Crippen molar-refractivity contribution in [1.29, 1.82) is 0 Å². The van der Waals surface area contributed by atoms with Crippen molar-refractivity contribution in [2.24, 2.45) is 0 Å². The van der Waals surface area contributed by atoms with Crippen LogP contribution in [-0.2, 0) is 0 Å². The first kappa shape index (κ1) is 13.2. The summed E-state index contributed by atoms with van der Waals surface area (Å²) in [7, 11) is 0. The number of aryl methyl sites for hydroxylation is 1. The van der Waals surface area contributed by atoms with Gasteiger partial charge in [-0.05, 0) is 38.0 Å². The molecule has 5 nitrogen and oxygen atoms in total. The first-order chi connectivity index (χ1) is 10.8. The summed E-state index contributed by atoms with van der Waals surface area (Å²) >= 11 is 0. The minimum Gasteiger partial charge on any atom is -0.351 e. The zero-order valence-electron chi connectivity index (χ0n) is 12.6. The van der Waals surface area contributed by atoms with Crippen molar-refractivity contribution in [3.8, 4) is 11.3 Å².